The molecule has 158 valence electrons. The highest BCUT2D eigenvalue weighted by molar-refractivity contribution is 5.96. The number of nitrogens with one attached hydrogen (secondary N) is 1. The van der Waals surface area contributed by atoms with Crippen LogP contribution in [0.15, 0.2) is 48.5 Å². The van der Waals surface area contributed by atoms with E-state index in [0.29, 0.717) is 24.3 Å². The highest BCUT2D eigenvalue weighted by Gasteiger charge is 2.30. The summed E-state index contributed by atoms with van der Waals surface area (Å²) >= 11 is 0. The first kappa shape index (κ1) is 22.7. The Kier molecular flexibility index (Phi) is 7.67. The molecule has 1 N–H and O–H groups in total. The topological polar surface area (TPSA) is 41.6 Å². The summed E-state index contributed by atoms with van der Waals surface area (Å²) < 4.78 is 44.2. The lowest BCUT2D eigenvalue weighted by molar-refractivity contribution is -0.137. The lowest BCUT2D eigenvalue weighted by atomic mass is 10.1. The van der Waals surface area contributed by atoms with Gasteiger partial charge in [0.15, 0.2) is 0 Å². The van der Waals surface area contributed by atoms with Crippen molar-refractivity contribution in [2.45, 2.75) is 46.0 Å². The number of halogens is 3. The van der Waals surface area contributed by atoms with Crippen molar-refractivity contribution in [1.82, 2.24) is 4.90 Å². The van der Waals surface area contributed by atoms with Gasteiger partial charge in [0.05, 0.1) is 16.8 Å². The molecule has 29 heavy (non-hydrogen) atoms. The lowest BCUT2D eigenvalue weighted by Gasteiger charge is -2.30. The molecular weight excluding hydrogens is 381 g/mol. The smallest absolute Gasteiger partial charge is 0.416 e. The monoisotopic (exact) mass is 408 g/mol. The van der Waals surface area contributed by atoms with Gasteiger partial charge < -0.3 is 10.1 Å². The summed E-state index contributed by atoms with van der Waals surface area (Å²) in [5, 5.41) is 2.89. The highest BCUT2D eigenvalue weighted by Crippen LogP contribution is 2.32. The minimum Gasteiger partial charge on any atom is -0.461 e. The van der Waals surface area contributed by atoms with Crippen molar-refractivity contribution >= 4 is 17.3 Å². The third-order valence-electron chi connectivity index (χ3n) is 4.53. The van der Waals surface area contributed by atoms with Crippen molar-refractivity contribution in [1.29, 1.82) is 0 Å². The van der Waals surface area contributed by atoms with Gasteiger partial charge in [0.25, 0.3) is 0 Å². The summed E-state index contributed by atoms with van der Waals surface area (Å²) in [5.41, 5.74) is 0.142. The van der Waals surface area contributed by atoms with Crippen molar-refractivity contribution in [2.24, 2.45) is 0 Å². The molecule has 4 nitrogen and oxygen atoms in total. The minimum absolute atomic E-state index is 0.229. The quantitative estimate of drug-likeness (QED) is 0.567. The molecule has 7 heteroatoms. The number of hydrogen-bond donors (Lipinski definition) is 1. The van der Waals surface area contributed by atoms with E-state index in [1.807, 2.05) is 0 Å². The molecule has 0 bridgehead atoms. The van der Waals surface area contributed by atoms with Gasteiger partial charge in [-0.05, 0) is 58.0 Å². The van der Waals surface area contributed by atoms with E-state index < -0.39 is 17.7 Å². The van der Waals surface area contributed by atoms with E-state index in [1.54, 1.807) is 24.3 Å². The fraction of sp³-hybridized carbons (Fsp3) is 0.409. The number of anilines is 2. The molecule has 0 radical (unpaired) electrons. The summed E-state index contributed by atoms with van der Waals surface area (Å²) in [5.74, 6) is -0.521. The van der Waals surface area contributed by atoms with E-state index in [4.69, 9.17) is 4.74 Å². The van der Waals surface area contributed by atoms with Gasteiger partial charge in [0, 0.05) is 24.3 Å². The molecule has 0 aliphatic rings. The van der Waals surface area contributed by atoms with Gasteiger partial charge in [-0.2, -0.15) is 13.2 Å². The molecule has 0 fully saturated rings. The molecule has 2 aromatic rings. The standard InChI is InChI=1S/C22H27F3N2O2/c1-15(2)27(16(3)4)12-13-29-21(28)19-10-5-6-11-20(19)26-18-9-7-8-17(14-18)22(23,24)25/h5-11,14-16,26H,12-13H2,1-4H3. The number of benzene rings is 2. The van der Waals surface area contributed by atoms with Crippen LogP contribution in [0.1, 0.15) is 43.6 Å². The van der Waals surface area contributed by atoms with E-state index in [9.17, 15) is 18.0 Å². The van der Waals surface area contributed by atoms with Crippen LogP contribution < -0.4 is 5.32 Å². The zero-order valence-corrected chi connectivity index (χ0v) is 17.1. The Morgan fingerprint density at radius 3 is 2.31 bits per heavy atom. The van der Waals surface area contributed by atoms with Crippen LogP contribution in [0.4, 0.5) is 24.5 Å². The van der Waals surface area contributed by atoms with Crippen LogP contribution in [0.25, 0.3) is 0 Å². The van der Waals surface area contributed by atoms with E-state index in [1.165, 1.54) is 12.1 Å². The van der Waals surface area contributed by atoms with Crippen LogP contribution >= 0.6 is 0 Å². The van der Waals surface area contributed by atoms with Crippen molar-refractivity contribution < 1.29 is 22.7 Å². The summed E-state index contributed by atoms with van der Waals surface area (Å²) in [6.45, 7) is 9.15. The van der Waals surface area contributed by atoms with Crippen LogP contribution in [0.3, 0.4) is 0 Å². The average Bonchev–Trinajstić information content (AvgIpc) is 2.64. The van der Waals surface area contributed by atoms with Crippen molar-refractivity contribution in [3.8, 4) is 0 Å². The van der Waals surface area contributed by atoms with Gasteiger partial charge in [-0.3, -0.25) is 4.90 Å². The van der Waals surface area contributed by atoms with Crippen LogP contribution in [-0.2, 0) is 10.9 Å². The molecule has 2 aromatic carbocycles. The van der Waals surface area contributed by atoms with Crippen molar-refractivity contribution in [2.75, 3.05) is 18.5 Å². The average molecular weight is 408 g/mol. The van der Waals surface area contributed by atoms with Gasteiger partial charge in [0.1, 0.15) is 6.61 Å². The first-order chi connectivity index (χ1) is 13.6. The number of para-hydroxylation sites is 1. The molecule has 0 heterocycles. The van der Waals surface area contributed by atoms with Gasteiger partial charge in [0.2, 0.25) is 0 Å². The number of alkyl halides is 3. The number of esters is 1. The fourth-order valence-electron chi connectivity index (χ4n) is 3.13. The van der Waals surface area contributed by atoms with Gasteiger partial charge in [-0.1, -0.05) is 18.2 Å². The van der Waals surface area contributed by atoms with Crippen LogP contribution in [0, 0.1) is 0 Å². The molecule has 0 saturated carbocycles. The second-order valence-electron chi connectivity index (χ2n) is 7.31. The molecule has 2 rings (SSSR count). The lowest BCUT2D eigenvalue weighted by Crippen LogP contribution is -2.39. The Morgan fingerprint density at radius 2 is 1.69 bits per heavy atom. The Bertz CT molecular complexity index is 812. The third-order valence-corrected chi connectivity index (χ3v) is 4.53. The largest absolute Gasteiger partial charge is 0.461 e. The predicted molar refractivity (Wildman–Crippen MR) is 108 cm³/mol. The number of carbonyl (C=O) groups excluding carboxylic acids is 1. The summed E-state index contributed by atoms with van der Waals surface area (Å²) in [6.07, 6.45) is -4.44. The Labute approximate surface area is 169 Å². The number of ether oxygens (including phenoxy) is 1. The zero-order chi connectivity index (χ0) is 21.6. The second kappa shape index (κ2) is 9.78. The maximum absolute atomic E-state index is 12.9. The van der Waals surface area contributed by atoms with Crippen molar-refractivity contribution in [3.63, 3.8) is 0 Å². The summed E-state index contributed by atoms with van der Waals surface area (Å²) in [7, 11) is 0. The molecular formula is C22H27F3N2O2. The molecule has 0 aromatic heterocycles. The maximum atomic E-state index is 12.9. The minimum atomic E-state index is -4.44. The Balaban J connectivity index is 2.09. The molecule has 0 amide bonds. The van der Waals surface area contributed by atoms with E-state index in [2.05, 4.69) is 37.9 Å². The first-order valence-corrected chi connectivity index (χ1v) is 9.55. The second-order valence-corrected chi connectivity index (χ2v) is 7.31. The van der Waals surface area contributed by atoms with E-state index in [0.717, 1.165) is 12.1 Å². The van der Waals surface area contributed by atoms with Gasteiger partial charge in [-0.25, -0.2) is 4.79 Å². The molecule has 0 aliphatic carbocycles. The molecule has 0 spiro atoms. The van der Waals surface area contributed by atoms with Crippen LogP contribution in [0.2, 0.25) is 0 Å². The predicted octanol–water partition coefficient (Wildman–Crippen LogP) is 5.72. The number of rotatable bonds is 8. The molecule has 0 aliphatic heterocycles. The normalized spacial score (nSPS) is 11.9. The van der Waals surface area contributed by atoms with Crippen LogP contribution in [-0.4, -0.2) is 36.1 Å². The van der Waals surface area contributed by atoms with Crippen molar-refractivity contribution in [3.05, 3.63) is 59.7 Å². The summed E-state index contributed by atoms with van der Waals surface area (Å²) in [6, 6.07) is 12.1. The first-order valence-electron chi connectivity index (χ1n) is 9.55. The number of nitrogens with zero attached hydrogens (tertiary/aromatic N) is 1. The molecule has 0 unspecified atom stereocenters. The van der Waals surface area contributed by atoms with Gasteiger partial charge >= 0.3 is 12.1 Å². The van der Waals surface area contributed by atoms with Crippen LogP contribution in [0.5, 0.6) is 0 Å². The van der Waals surface area contributed by atoms with E-state index >= 15 is 0 Å². The Hall–Kier alpha value is -2.54. The zero-order valence-electron chi connectivity index (χ0n) is 17.1. The molecule has 0 saturated heterocycles. The Morgan fingerprint density at radius 1 is 1.03 bits per heavy atom. The SMILES string of the molecule is CC(C)N(CCOC(=O)c1ccccc1Nc1cccc(C(F)(F)F)c1)C(C)C. The molecule has 0 atom stereocenters. The number of carbonyl (C=O) groups is 1. The van der Waals surface area contributed by atoms with E-state index in [-0.39, 0.29) is 17.9 Å². The number of hydrogen-bond acceptors (Lipinski definition) is 4. The fourth-order valence-corrected chi connectivity index (χ4v) is 3.13. The van der Waals surface area contributed by atoms with Gasteiger partial charge in [-0.15, -0.1) is 0 Å². The maximum Gasteiger partial charge on any atom is 0.416 e. The highest BCUT2D eigenvalue weighted by atomic mass is 19.4. The third kappa shape index (κ3) is 6.49. The summed E-state index contributed by atoms with van der Waals surface area (Å²) in [4.78, 5) is 14.8.